The van der Waals surface area contributed by atoms with Gasteiger partial charge in [-0.2, -0.15) is 0 Å². The number of nitrogens with one attached hydrogen (secondary N) is 1. The van der Waals surface area contributed by atoms with Gasteiger partial charge in [0.1, 0.15) is 0 Å². The molecule has 0 amide bonds. The molecule has 4 heteroatoms. The van der Waals surface area contributed by atoms with Gasteiger partial charge >= 0.3 is 0 Å². The lowest BCUT2D eigenvalue weighted by molar-refractivity contribution is 0.172. The van der Waals surface area contributed by atoms with Crippen molar-refractivity contribution in [2.75, 3.05) is 19.5 Å². The van der Waals surface area contributed by atoms with Crippen LogP contribution < -0.4 is 11.1 Å². The van der Waals surface area contributed by atoms with Gasteiger partial charge < -0.3 is 15.8 Å². The minimum Gasteiger partial charge on any atom is -0.398 e. The molecule has 1 aromatic rings. The number of thiophene rings is 1. The fourth-order valence-electron chi connectivity index (χ4n) is 1.07. The van der Waals surface area contributed by atoms with Crippen LogP contribution in [0.1, 0.15) is 11.8 Å². The Morgan fingerprint density at radius 1 is 1.69 bits per heavy atom. The van der Waals surface area contributed by atoms with Crippen molar-refractivity contribution in [2.45, 2.75) is 19.5 Å². The number of ether oxygens (including phenoxy) is 1. The van der Waals surface area contributed by atoms with E-state index in [9.17, 15) is 0 Å². The molecule has 1 aromatic heterocycles. The number of methoxy groups -OCH3 is 1. The molecule has 0 saturated carbocycles. The van der Waals surface area contributed by atoms with Crippen LogP contribution in [0, 0.1) is 0 Å². The molecule has 0 bridgehead atoms. The summed E-state index contributed by atoms with van der Waals surface area (Å²) in [4.78, 5) is 1.20. The molecule has 0 saturated heterocycles. The van der Waals surface area contributed by atoms with Crippen LogP contribution in [0.15, 0.2) is 11.4 Å². The van der Waals surface area contributed by atoms with Gasteiger partial charge in [-0.1, -0.05) is 0 Å². The predicted octanol–water partition coefficient (Wildman–Crippen LogP) is 1.45. The van der Waals surface area contributed by atoms with E-state index in [1.165, 1.54) is 4.88 Å². The Balaban J connectivity index is 2.30. The van der Waals surface area contributed by atoms with Gasteiger partial charge in [-0.15, -0.1) is 11.3 Å². The number of hydrogen-bond donors (Lipinski definition) is 2. The van der Waals surface area contributed by atoms with Gasteiger partial charge in [0.15, 0.2) is 0 Å². The van der Waals surface area contributed by atoms with Gasteiger partial charge in [-0.3, -0.25) is 0 Å². The van der Waals surface area contributed by atoms with Crippen LogP contribution in [0.5, 0.6) is 0 Å². The lowest BCUT2D eigenvalue weighted by atomic mass is 10.3. The highest BCUT2D eigenvalue weighted by Gasteiger charge is 2.03. The highest BCUT2D eigenvalue weighted by molar-refractivity contribution is 7.10. The molecule has 0 aromatic carbocycles. The first-order chi connectivity index (χ1) is 6.24. The fraction of sp³-hybridized carbons (Fsp3) is 0.556. The summed E-state index contributed by atoms with van der Waals surface area (Å²) in [6, 6.07) is 2.30. The molecule has 1 rings (SSSR count). The first kappa shape index (κ1) is 10.5. The van der Waals surface area contributed by atoms with Crippen LogP contribution in [0.3, 0.4) is 0 Å². The lowest BCUT2D eigenvalue weighted by Crippen LogP contribution is -2.29. The predicted molar refractivity (Wildman–Crippen MR) is 56.9 cm³/mol. The van der Waals surface area contributed by atoms with E-state index in [0.717, 1.165) is 18.8 Å². The van der Waals surface area contributed by atoms with Crippen LogP contribution in [0.25, 0.3) is 0 Å². The summed E-state index contributed by atoms with van der Waals surface area (Å²) < 4.78 is 5.01. The average Bonchev–Trinajstić information content (AvgIpc) is 2.48. The Labute approximate surface area is 82.9 Å². The third-order valence-electron chi connectivity index (χ3n) is 1.81. The number of rotatable bonds is 5. The summed E-state index contributed by atoms with van der Waals surface area (Å²) in [6.07, 6.45) is 0. The molecule has 1 unspecified atom stereocenters. The second-order valence-corrected chi connectivity index (χ2v) is 4.04. The summed E-state index contributed by atoms with van der Waals surface area (Å²) in [6.45, 7) is 3.65. The van der Waals surface area contributed by atoms with E-state index in [4.69, 9.17) is 10.5 Å². The Morgan fingerprint density at radius 3 is 3.00 bits per heavy atom. The average molecular weight is 200 g/mol. The van der Waals surface area contributed by atoms with Gasteiger partial charge in [0.25, 0.3) is 0 Å². The zero-order valence-electron chi connectivity index (χ0n) is 8.04. The van der Waals surface area contributed by atoms with Crippen LogP contribution in [-0.2, 0) is 11.3 Å². The molecule has 0 radical (unpaired) electrons. The Kier molecular flexibility index (Phi) is 4.21. The summed E-state index contributed by atoms with van der Waals surface area (Å²) in [5.74, 6) is 0. The van der Waals surface area contributed by atoms with Crippen LogP contribution in [-0.4, -0.2) is 19.8 Å². The number of nitrogens with two attached hydrogens (primary N) is 1. The molecule has 0 aliphatic heterocycles. The van der Waals surface area contributed by atoms with Crippen molar-refractivity contribution in [1.29, 1.82) is 0 Å². The number of hydrogen-bond acceptors (Lipinski definition) is 4. The van der Waals surface area contributed by atoms with Crippen LogP contribution >= 0.6 is 11.3 Å². The quantitative estimate of drug-likeness (QED) is 0.756. The van der Waals surface area contributed by atoms with E-state index < -0.39 is 0 Å². The fourth-order valence-corrected chi connectivity index (χ4v) is 1.82. The molecular weight excluding hydrogens is 184 g/mol. The van der Waals surface area contributed by atoms with Gasteiger partial charge in [0.2, 0.25) is 0 Å². The molecule has 13 heavy (non-hydrogen) atoms. The van der Waals surface area contributed by atoms with E-state index in [1.807, 2.05) is 11.4 Å². The van der Waals surface area contributed by atoms with Gasteiger partial charge in [0.05, 0.1) is 6.61 Å². The summed E-state index contributed by atoms with van der Waals surface area (Å²) in [5, 5.41) is 5.34. The van der Waals surface area contributed by atoms with E-state index in [1.54, 1.807) is 18.4 Å². The van der Waals surface area contributed by atoms with E-state index in [2.05, 4.69) is 12.2 Å². The molecule has 3 nitrogen and oxygen atoms in total. The molecule has 0 aliphatic carbocycles. The third-order valence-corrected chi connectivity index (χ3v) is 2.74. The number of nitrogen functional groups attached to an aromatic ring is 1. The van der Waals surface area contributed by atoms with Crippen LogP contribution in [0.2, 0.25) is 0 Å². The molecule has 0 spiro atoms. The van der Waals surface area contributed by atoms with Gasteiger partial charge in [-0.25, -0.2) is 0 Å². The van der Waals surface area contributed by atoms with Crippen molar-refractivity contribution < 1.29 is 4.74 Å². The maximum absolute atomic E-state index is 5.74. The molecule has 0 fully saturated rings. The second kappa shape index (κ2) is 5.21. The molecule has 1 atom stereocenters. The van der Waals surface area contributed by atoms with Crippen molar-refractivity contribution >= 4 is 17.0 Å². The monoisotopic (exact) mass is 200 g/mol. The highest BCUT2D eigenvalue weighted by Crippen LogP contribution is 2.18. The first-order valence-corrected chi connectivity index (χ1v) is 5.16. The smallest absolute Gasteiger partial charge is 0.0613 e. The Bertz CT molecular complexity index is 250. The van der Waals surface area contributed by atoms with Crippen molar-refractivity contribution in [3.05, 3.63) is 16.3 Å². The molecular formula is C9H16N2OS. The van der Waals surface area contributed by atoms with Gasteiger partial charge in [-0.05, 0) is 18.4 Å². The zero-order valence-corrected chi connectivity index (χ0v) is 8.86. The highest BCUT2D eigenvalue weighted by atomic mass is 32.1. The number of anilines is 1. The van der Waals surface area contributed by atoms with Crippen molar-refractivity contribution in [1.82, 2.24) is 5.32 Å². The minimum absolute atomic E-state index is 0.367. The summed E-state index contributed by atoms with van der Waals surface area (Å²) in [5.41, 5.74) is 6.62. The topological polar surface area (TPSA) is 47.3 Å². The van der Waals surface area contributed by atoms with Gasteiger partial charge in [0, 0.05) is 30.3 Å². The standard InChI is InChI=1S/C9H16N2OS/c1-7(6-12-2)11-5-9-8(10)3-4-13-9/h3-4,7,11H,5-6,10H2,1-2H3. The minimum atomic E-state index is 0.367. The third kappa shape index (κ3) is 3.34. The lowest BCUT2D eigenvalue weighted by Gasteiger charge is -2.11. The normalized spacial score (nSPS) is 13.1. The molecule has 3 N–H and O–H groups in total. The molecule has 1 heterocycles. The Morgan fingerprint density at radius 2 is 2.46 bits per heavy atom. The van der Waals surface area contributed by atoms with E-state index in [-0.39, 0.29) is 0 Å². The van der Waals surface area contributed by atoms with Crippen molar-refractivity contribution in [3.8, 4) is 0 Å². The van der Waals surface area contributed by atoms with Crippen molar-refractivity contribution in [2.24, 2.45) is 0 Å². The maximum Gasteiger partial charge on any atom is 0.0613 e. The summed E-state index contributed by atoms with van der Waals surface area (Å²) in [7, 11) is 1.71. The Hall–Kier alpha value is -0.580. The maximum atomic E-state index is 5.74. The molecule has 74 valence electrons. The van der Waals surface area contributed by atoms with E-state index in [0.29, 0.717) is 6.04 Å². The largest absolute Gasteiger partial charge is 0.398 e. The first-order valence-electron chi connectivity index (χ1n) is 4.28. The van der Waals surface area contributed by atoms with E-state index >= 15 is 0 Å². The zero-order chi connectivity index (χ0) is 9.68. The van der Waals surface area contributed by atoms with Crippen LogP contribution in [0.4, 0.5) is 5.69 Å². The van der Waals surface area contributed by atoms with Crippen molar-refractivity contribution in [3.63, 3.8) is 0 Å². The second-order valence-electron chi connectivity index (χ2n) is 3.04. The molecule has 0 aliphatic rings. The summed E-state index contributed by atoms with van der Waals surface area (Å²) >= 11 is 1.68. The SMILES string of the molecule is COCC(C)NCc1sccc1N.